The van der Waals surface area contributed by atoms with Crippen molar-refractivity contribution in [3.05, 3.63) is 171 Å². The molecular formula is C66H79N5O10. The van der Waals surface area contributed by atoms with Crippen LogP contribution < -0.4 is 14.8 Å². The normalized spacial score (nSPS) is 20.2. The van der Waals surface area contributed by atoms with Crippen molar-refractivity contribution in [3.8, 4) is 17.6 Å². The summed E-state index contributed by atoms with van der Waals surface area (Å²) in [5.74, 6) is -2.41. The van der Waals surface area contributed by atoms with Crippen molar-refractivity contribution in [1.29, 1.82) is 5.26 Å². The van der Waals surface area contributed by atoms with Gasteiger partial charge < -0.3 is 39.5 Å². The number of unbranched alkanes of at least 4 members (excludes halogenated alkanes) is 11. The summed E-state index contributed by atoms with van der Waals surface area (Å²) in [5.41, 5.74) is 4.37. The summed E-state index contributed by atoms with van der Waals surface area (Å²) in [5, 5.41) is 51.6. The Bertz CT molecular complexity index is 3000. The number of aliphatic hydroxyl groups excluding tert-OH is 2. The number of nitriles is 1. The third-order valence-electron chi connectivity index (χ3n) is 16.3. The molecule has 0 aromatic heterocycles. The standard InChI is InChI=1S/C66H79N5O10/c1-3-5-6-7-8-9-10-11-12-17-37-68-65(75)80-54-35-36-60-58(42-54)62-56(26-16-19-39-73)51(22-15-18-38-72)41-57-59(69-79-46-48-29-33-53(34-30-48)71(76)77)43-61(66(81-60,63(57)62)78-40-4-2)70(64(74)50-31-27-47(44-67)28-32-50)45-52-24-20-23-49-21-13-14-25-55(49)52/h4,13-14,20-21,23-25,27-36,41-42,51,56,61-63,72-73H,2-3,5-12,15-19,22,26,37-40,43,45-46H2,1H3,(H,68,75)/t51-,56+,61-,62+,63+,66+/m0/s1. The van der Waals surface area contributed by atoms with Crippen molar-refractivity contribution in [1.82, 2.24) is 10.2 Å². The van der Waals surface area contributed by atoms with Crippen molar-refractivity contribution >= 4 is 34.2 Å². The number of nitro benzene ring substituents is 1. The predicted molar refractivity (Wildman–Crippen MR) is 314 cm³/mol. The molecule has 15 heteroatoms. The number of non-ortho nitro benzene ring substituents is 1. The molecule has 2 aliphatic carbocycles. The molecule has 6 atom stereocenters. The van der Waals surface area contributed by atoms with Crippen LogP contribution in [0.3, 0.4) is 0 Å². The number of rotatable bonds is 31. The lowest BCUT2D eigenvalue weighted by atomic mass is 9.55. The highest BCUT2D eigenvalue weighted by Gasteiger charge is 2.65. The number of ether oxygens (including phenoxy) is 3. The molecule has 15 nitrogen and oxygen atoms in total. The van der Waals surface area contributed by atoms with Crippen LogP contribution in [0.2, 0.25) is 0 Å². The fourth-order valence-corrected chi connectivity index (χ4v) is 12.3. The number of nitrogens with zero attached hydrogens (tertiary/aromatic N) is 4. The first-order chi connectivity index (χ1) is 39.6. The Morgan fingerprint density at radius 2 is 1.58 bits per heavy atom. The van der Waals surface area contributed by atoms with Crippen LogP contribution >= 0.6 is 0 Å². The van der Waals surface area contributed by atoms with Crippen LogP contribution in [0.4, 0.5) is 10.5 Å². The summed E-state index contributed by atoms with van der Waals surface area (Å²) < 4.78 is 20.9. The molecule has 2 amide bonds. The molecule has 8 rings (SSSR count). The number of fused-ring (bicyclic) bond motifs is 3. The van der Waals surface area contributed by atoms with E-state index in [1.54, 1.807) is 48.5 Å². The molecule has 0 radical (unpaired) electrons. The SMILES string of the molecule is C=CCO[C@@]12Oc3ccc(OC(=O)NCCCCCCCCCCCC)cc3[C@H]3[C@H](CCCCO)[C@@H](CCCCO)C=C(C(=NOCc4ccc([N+](=O)[O-])cc4)C[C@@H]1N(Cc1cccc4ccccc14)C(=O)c1ccc(C#N)cc1)[C@H]32. The fourth-order valence-electron chi connectivity index (χ4n) is 12.3. The fraction of sp³-hybridized carbons (Fsp3) is 0.455. The van der Waals surface area contributed by atoms with Crippen molar-refractivity contribution < 1.29 is 43.8 Å². The Labute approximate surface area is 476 Å². The quantitative estimate of drug-likeness (QED) is 0.0165. The maximum Gasteiger partial charge on any atom is 0.412 e. The lowest BCUT2D eigenvalue weighted by Gasteiger charge is -2.60. The van der Waals surface area contributed by atoms with Crippen molar-refractivity contribution in [2.75, 3.05) is 26.4 Å². The van der Waals surface area contributed by atoms with Gasteiger partial charge in [0, 0.05) is 61.9 Å². The van der Waals surface area contributed by atoms with Crippen LogP contribution in [-0.2, 0) is 22.7 Å². The average Bonchev–Trinajstić information content (AvgIpc) is 1.60. The molecule has 5 aromatic rings. The van der Waals surface area contributed by atoms with Gasteiger partial charge in [0.2, 0.25) is 5.79 Å². The second kappa shape index (κ2) is 29.9. The molecular weight excluding hydrogens is 1020 g/mol. The molecule has 0 spiro atoms. The molecule has 0 unspecified atom stereocenters. The summed E-state index contributed by atoms with van der Waals surface area (Å²) in [6, 6.07) is 33.4. The number of oxime groups is 1. The van der Waals surface area contributed by atoms with Crippen molar-refractivity contribution in [2.45, 2.75) is 147 Å². The van der Waals surface area contributed by atoms with E-state index >= 15 is 4.79 Å². The number of carbonyl (C=O) groups excluding carboxylic acids is 2. The van der Waals surface area contributed by atoms with E-state index in [1.165, 1.54) is 57.1 Å². The van der Waals surface area contributed by atoms with Crippen LogP contribution in [-0.4, -0.2) is 75.9 Å². The topological polar surface area (TPSA) is 206 Å². The number of nitrogens with one attached hydrogen (secondary N) is 1. The Balaban J connectivity index is 1.25. The van der Waals surface area contributed by atoms with Crippen molar-refractivity contribution in [2.24, 2.45) is 22.9 Å². The van der Waals surface area contributed by atoms with E-state index in [9.17, 15) is 30.4 Å². The number of allylic oxidation sites excluding steroid dienone is 1. The summed E-state index contributed by atoms with van der Waals surface area (Å²) in [7, 11) is 0. The van der Waals surface area contributed by atoms with Gasteiger partial charge in [0.05, 0.1) is 34.8 Å². The molecule has 0 saturated heterocycles. The Hall–Kier alpha value is -7.38. The highest BCUT2D eigenvalue weighted by atomic mass is 16.7. The van der Waals surface area contributed by atoms with Crippen LogP contribution in [0.15, 0.2) is 139 Å². The third-order valence-corrected chi connectivity index (χ3v) is 16.3. The van der Waals surface area contributed by atoms with Gasteiger partial charge in [-0.25, -0.2) is 4.79 Å². The van der Waals surface area contributed by atoms with E-state index in [1.807, 2.05) is 59.5 Å². The van der Waals surface area contributed by atoms with Crippen LogP contribution in [0, 0.1) is 39.2 Å². The lowest BCUT2D eigenvalue weighted by molar-refractivity contribution is -0.384. The van der Waals surface area contributed by atoms with E-state index in [4.69, 9.17) is 24.2 Å². The molecule has 5 aromatic carbocycles. The number of aliphatic hydroxyl groups is 2. The highest BCUT2D eigenvalue weighted by Crippen LogP contribution is 2.62. The van der Waals surface area contributed by atoms with Gasteiger partial charge in [-0.3, -0.25) is 14.9 Å². The largest absolute Gasteiger partial charge is 0.459 e. The zero-order chi connectivity index (χ0) is 57.0. The summed E-state index contributed by atoms with van der Waals surface area (Å²) in [4.78, 5) is 48.6. The van der Waals surface area contributed by atoms with Gasteiger partial charge in [0.1, 0.15) is 24.1 Å². The lowest BCUT2D eigenvalue weighted by Crippen LogP contribution is -2.70. The van der Waals surface area contributed by atoms with Gasteiger partial charge >= 0.3 is 6.09 Å². The molecule has 81 heavy (non-hydrogen) atoms. The van der Waals surface area contributed by atoms with Gasteiger partial charge in [0.15, 0.2) is 0 Å². The third kappa shape index (κ3) is 15.0. The summed E-state index contributed by atoms with van der Waals surface area (Å²) in [6.07, 6.45) is 19.3. The number of benzene rings is 5. The maximum atomic E-state index is 15.8. The zero-order valence-corrected chi connectivity index (χ0v) is 46.9. The highest BCUT2D eigenvalue weighted by molar-refractivity contribution is 6.03. The number of carbonyl (C=O) groups is 2. The van der Waals surface area contributed by atoms with E-state index in [0.717, 1.165) is 59.6 Å². The van der Waals surface area contributed by atoms with E-state index in [-0.39, 0.29) is 62.8 Å². The van der Waals surface area contributed by atoms with E-state index in [0.29, 0.717) is 66.1 Å². The van der Waals surface area contributed by atoms with Crippen LogP contribution in [0.5, 0.6) is 11.5 Å². The second-order valence-corrected chi connectivity index (χ2v) is 21.7. The molecule has 3 N–H and O–H groups in total. The smallest absolute Gasteiger partial charge is 0.412 e. The summed E-state index contributed by atoms with van der Waals surface area (Å²) >= 11 is 0. The van der Waals surface area contributed by atoms with Crippen molar-refractivity contribution in [3.63, 3.8) is 0 Å². The van der Waals surface area contributed by atoms with Gasteiger partial charge in [-0.2, -0.15) is 5.26 Å². The number of amides is 2. The number of hydrogen-bond acceptors (Lipinski definition) is 12. The first kappa shape index (κ1) is 59.7. The minimum atomic E-state index is -1.62. The minimum Gasteiger partial charge on any atom is -0.459 e. The number of hydrogen-bond donors (Lipinski definition) is 3. The molecule has 0 bridgehead atoms. The van der Waals surface area contributed by atoms with Gasteiger partial charge in [0.25, 0.3) is 11.6 Å². The first-order valence-corrected chi connectivity index (χ1v) is 29.3. The number of nitro groups is 1. The minimum absolute atomic E-state index is 0.0134. The second-order valence-electron chi connectivity index (χ2n) is 21.7. The first-order valence-electron chi connectivity index (χ1n) is 29.3. The molecule has 1 fully saturated rings. The Morgan fingerprint density at radius 1 is 0.877 bits per heavy atom. The zero-order valence-electron chi connectivity index (χ0n) is 46.9. The molecule has 1 saturated carbocycles. The molecule has 3 aliphatic rings. The average molecular weight is 1100 g/mol. The predicted octanol–water partition coefficient (Wildman–Crippen LogP) is 13.8. The van der Waals surface area contributed by atoms with Crippen LogP contribution in [0.25, 0.3) is 10.8 Å². The molecule has 428 valence electrons. The monoisotopic (exact) mass is 1100 g/mol. The Kier molecular flexibility index (Phi) is 22.0. The van der Waals surface area contributed by atoms with E-state index < -0.39 is 34.7 Å². The van der Waals surface area contributed by atoms with Gasteiger partial charge in [-0.05, 0) is 126 Å². The van der Waals surface area contributed by atoms with Gasteiger partial charge in [-0.1, -0.05) is 137 Å². The molecule has 1 aliphatic heterocycles. The van der Waals surface area contributed by atoms with Gasteiger partial charge in [-0.15, -0.1) is 6.58 Å². The molecule has 1 heterocycles. The summed E-state index contributed by atoms with van der Waals surface area (Å²) in [6.45, 7) is 7.00. The van der Waals surface area contributed by atoms with Crippen LogP contribution in [0.1, 0.15) is 155 Å². The Morgan fingerprint density at radius 3 is 2.28 bits per heavy atom. The maximum absolute atomic E-state index is 15.8. The van der Waals surface area contributed by atoms with E-state index in [2.05, 4.69) is 31.0 Å².